The quantitative estimate of drug-likeness (QED) is 0.780. The summed E-state index contributed by atoms with van der Waals surface area (Å²) in [5.41, 5.74) is 1.93. The largest absolute Gasteiger partial charge is 0.489 e. The van der Waals surface area contributed by atoms with Crippen LogP contribution in [0.15, 0.2) is 18.2 Å². The van der Waals surface area contributed by atoms with Gasteiger partial charge in [-0.05, 0) is 32.9 Å². The maximum atomic E-state index is 6.11. The third-order valence-electron chi connectivity index (χ3n) is 2.63. The van der Waals surface area contributed by atoms with Crippen molar-refractivity contribution in [3.8, 4) is 5.75 Å². The number of benzene rings is 1. The SMILES string of the molecule is CC(C)Oc1cccc2c1nc(C(C)Cl)n2C. The van der Waals surface area contributed by atoms with Crippen LogP contribution >= 0.6 is 11.6 Å². The lowest BCUT2D eigenvalue weighted by atomic mass is 10.3. The molecule has 0 spiro atoms. The highest BCUT2D eigenvalue weighted by Crippen LogP contribution is 2.29. The van der Waals surface area contributed by atoms with Crippen molar-refractivity contribution in [2.45, 2.75) is 32.3 Å². The summed E-state index contributed by atoms with van der Waals surface area (Å²) in [6, 6.07) is 5.95. The van der Waals surface area contributed by atoms with Gasteiger partial charge in [-0.15, -0.1) is 11.6 Å². The van der Waals surface area contributed by atoms with E-state index in [0.29, 0.717) is 0 Å². The minimum Gasteiger partial charge on any atom is -0.489 e. The van der Waals surface area contributed by atoms with Crippen molar-refractivity contribution in [3.63, 3.8) is 0 Å². The van der Waals surface area contributed by atoms with Crippen LogP contribution < -0.4 is 4.74 Å². The fourth-order valence-electron chi connectivity index (χ4n) is 1.91. The first-order chi connectivity index (χ1) is 8.00. The summed E-state index contributed by atoms with van der Waals surface area (Å²) in [5.74, 6) is 1.68. The number of aryl methyl sites for hydroxylation is 1. The van der Waals surface area contributed by atoms with Gasteiger partial charge in [0.25, 0.3) is 0 Å². The van der Waals surface area contributed by atoms with E-state index in [4.69, 9.17) is 16.3 Å². The van der Waals surface area contributed by atoms with Crippen LogP contribution in [0.5, 0.6) is 5.75 Å². The molecule has 0 N–H and O–H groups in total. The number of rotatable bonds is 3. The Morgan fingerprint density at radius 3 is 2.59 bits per heavy atom. The van der Waals surface area contributed by atoms with E-state index in [1.165, 1.54) is 0 Å². The lowest BCUT2D eigenvalue weighted by molar-refractivity contribution is 0.245. The molecule has 0 radical (unpaired) electrons. The van der Waals surface area contributed by atoms with Crippen LogP contribution in [-0.4, -0.2) is 15.7 Å². The summed E-state index contributed by atoms with van der Waals surface area (Å²) < 4.78 is 7.77. The van der Waals surface area contributed by atoms with Crippen molar-refractivity contribution in [3.05, 3.63) is 24.0 Å². The highest BCUT2D eigenvalue weighted by Gasteiger charge is 2.15. The Labute approximate surface area is 106 Å². The van der Waals surface area contributed by atoms with Gasteiger partial charge in [0.2, 0.25) is 0 Å². The summed E-state index contributed by atoms with van der Waals surface area (Å²) in [7, 11) is 1.97. The number of alkyl halides is 1. The lowest BCUT2D eigenvalue weighted by Crippen LogP contribution is -2.05. The Hall–Kier alpha value is -1.22. The molecule has 0 bridgehead atoms. The average Bonchev–Trinajstić information content (AvgIpc) is 2.57. The fraction of sp³-hybridized carbons (Fsp3) is 0.462. The van der Waals surface area contributed by atoms with Crippen molar-refractivity contribution < 1.29 is 4.74 Å². The molecule has 0 amide bonds. The van der Waals surface area contributed by atoms with Crippen LogP contribution in [0.2, 0.25) is 0 Å². The highest BCUT2D eigenvalue weighted by molar-refractivity contribution is 6.20. The summed E-state index contributed by atoms with van der Waals surface area (Å²) in [5, 5.41) is -0.112. The van der Waals surface area contributed by atoms with Crippen LogP contribution in [0.25, 0.3) is 11.0 Å². The predicted molar refractivity (Wildman–Crippen MR) is 70.7 cm³/mol. The Kier molecular flexibility index (Phi) is 3.29. The minimum atomic E-state index is -0.112. The van der Waals surface area contributed by atoms with Gasteiger partial charge in [0.15, 0.2) is 0 Å². The molecular weight excluding hydrogens is 236 g/mol. The van der Waals surface area contributed by atoms with Gasteiger partial charge in [-0.2, -0.15) is 0 Å². The lowest BCUT2D eigenvalue weighted by Gasteiger charge is -2.09. The number of hydrogen-bond donors (Lipinski definition) is 0. The number of fused-ring (bicyclic) bond motifs is 1. The van der Waals surface area contributed by atoms with Gasteiger partial charge >= 0.3 is 0 Å². The number of nitrogens with zero attached hydrogens (tertiary/aromatic N) is 2. The number of imidazole rings is 1. The molecule has 1 unspecified atom stereocenters. The van der Waals surface area contributed by atoms with Gasteiger partial charge in [-0.3, -0.25) is 0 Å². The zero-order chi connectivity index (χ0) is 12.6. The molecule has 0 fully saturated rings. The van der Waals surface area contributed by atoms with Gasteiger partial charge in [0.05, 0.1) is 17.0 Å². The molecule has 1 heterocycles. The molecule has 1 atom stereocenters. The molecule has 0 aliphatic rings. The summed E-state index contributed by atoms with van der Waals surface area (Å²) in [6.07, 6.45) is 0.138. The summed E-state index contributed by atoms with van der Waals surface area (Å²) >= 11 is 6.11. The highest BCUT2D eigenvalue weighted by atomic mass is 35.5. The van der Waals surface area contributed by atoms with E-state index in [1.807, 2.05) is 50.6 Å². The van der Waals surface area contributed by atoms with Crippen molar-refractivity contribution in [2.24, 2.45) is 7.05 Å². The number of halogens is 1. The molecule has 92 valence electrons. The predicted octanol–water partition coefficient (Wildman–Crippen LogP) is 3.66. The van der Waals surface area contributed by atoms with E-state index in [1.54, 1.807) is 0 Å². The zero-order valence-corrected chi connectivity index (χ0v) is 11.3. The number of para-hydroxylation sites is 1. The van der Waals surface area contributed by atoms with E-state index >= 15 is 0 Å². The number of hydrogen-bond acceptors (Lipinski definition) is 2. The van der Waals surface area contributed by atoms with Crippen LogP contribution in [0.4, 0.5) is 0 Å². The first-order valence-corrected chi connectivity index (χ1v) is 6.20. The number of aromatic nitrogens is 2. The van der Waals surface area contributed by atoms with Crippen molar-refractivity contribution in [1.29, 1.82) is 0 Å². The van der Waals surface area contributed by atoms with Gasteiger partial charge in [-0.1, -0.05) is 6.07 Å². The fourth-order valence-corrected chi connectivity index (χ4v) is 2.11. The van der Waals surface area contributed by atoms with E-state index in [9.17, 15) is 0 Å². The van der Waals surface area contributed by atoms with Crippen molar-refractivity contribution in [2.75, 3.05) is 0 Å². The molecule has 0 aliphatic heterocycles. The van der Waals surface area contributed by atoms with Crippen molar-refractivity contribution >= 4 is 22.6 Å². The Bertz CT molecular complexity index is 531. The Morgan fingerprint density at radius 2 is 2.00 bits per heavy atom. The van der Waals surface area contributed by atoms with Crippen molar-refractivity contribution in [1.82, 2.24) is 9.55 Å². The maximum Gasteiger partial charge on any atom is 0.147 e. The van der Waals surface area contributed by atoms with Gasteiger partial charge < -0.3 is 9.30 Å². The third kappa shape index (κ3) is 2.25. The van der Waals surface area contributed by atoms with E-state index < -0.39 is 0 Å². The monoisotopic (exact) mass is 252 g/mol. The van der Waals surface area contributed by atoms with E-state index in [0.717, 1.165) is 22.6 Å². The molecule has 1 aromatic carbocycles. The molecule has 1 aromatic heterocycles. The Balaban J connectivity index is 2.60. The minimum absolute atomic E-state index is 0.112. The molecule has 2 aromatic rings. The normalized spacial score (nSPS) is 13.3. The topological polar surface area (TPSA) is 27.1 Å². The molecular formula is C13H17ClN2O. The smallest absolute Gasteiger partial charge is 0.147 e. The first kappa shape index (κ1) is 12.2. The van der Waals surface area contributed by atoms with E-state index in [2.05, 4.69) is 4.98 Å². The molecule has 4 heteroatoms. The number of ether oxygens (including phenoxy) is 1. The Morgan fingerprint density at radius 1 is 1.29 bits per heavy atom. The average molecular weight is 253 g/mol. The summed E-state index contributed by atoms with van der Waals surface area (Å²) in [6.45, 7) is 5.94. The first-order valence-electron chi connectivity index (χ1n) is 5.76. The third-order valence-corrected chi connectivity index (χ3v) is 2.82. The molecule has 3 nitrogen and oxygen atoms in total. The van der Waals surface area contributed by atoms with Gasteiger partial charge in [-0.25, -0.2) is 4.98 Å². The second-order valence-electron chi connectivity index (χ2n) is 4.44. The summed E-state index contributed by atoms with van der Waals surface area (Å²) in [4.78, 5) is 4.57. The standard InChI is InChI=1S/C13H17ClN2O/c1-8(2)17-11-7-5-6-10-12(11)15-13(9(3)14)16(10)4/h5-9H,1-4H3. The molecule has 2 rings (SSSR count). The molecule has 0 aliphatic carbocycles. The second kappa shape index (κ2) is 4.57. The molecule has 0 saturated heterocycles. The van der Waals surface area contributed by atoms with Crippen LogP contribution in [-0.2, 0) is 7.05 Å². The zero-order valence-electron chi connectivity index (χ0n) is 10.6. The van der Waals surface area contributed by atoms with Crippen LogP contribution in [0, 0.1) is 0 Å². The molecule has 17 heavy (non-hydrogen) atoms. The second-order valence-corrected chi connectivity index (χ2v) is 5.09. The maximum absolute atomic E-state index is 6.11. The van der Waals surface area contributed by atoms with Gasteiger partial charge in [0, 0.05) is 7.05 Å². The van der Waals surface area contributed by atoms with Crippen LogP contribution in [0.3, 0.4) is 0 Å². The van der Waals surface area contributed by atoms with Crippen LogP contribution in [0.1, 0.15) is 32.0 Å². The van der Waals surface area contributed by atoms with E-state index in [-0.39, 0.29) is 11.5 Å². The van der Waals surface area contributed by atoms with Gasteiger partial charge in [0.1, 0.15) is 17.1 Å². The molecule has 0 saturated carbocycles.